The predicted octanol–water partition coefficient (Wildman–Crippen LogP) is 4.84. The number of hydrogen-bond donors (Lipinski definition) is 1. The topological polar surface area (TPSA) is 42.7 Å². The van der Waals surface area contributed by atoms with Crippen LogP contribution in [0.15, 0.2) is 42.7 Å². The molecule has 0 fully saturated rings. The largest absolute Gasteiger partial charge is 0.339 e. The molecule has 0 aliphatic heterocycles. The molecule has 0 saturated carbocycles. The Hall–Kier alpha value is -2.04. The third kappa shape index (κ3) is 2.93. The Labute approximate surface area is 138 Å². The molecule has 0 saturated heterocycles. The first-order valence-corrected chi connectivity index (χ1v) is 7.47. The Kier molecular flexibility index (Phi) is 4.05. The van der Waals surface area contributed by atoms with Gasteiger partial charge in [0.25, 0.3) is 0 Å². The molecule has 0 aliphatic rings. The number of anilines is 2. The van der Waals surface area contributed by atoms with Gasteiger partial charge in [-0.05, 0) is 37.3 Å². The van der Waals surface area contributed by atoms with Gasteiger partial charge in [0.2, 0.25) is 0 Å². The Morgan fingerprint density at radius 3 is 2.36 bits per heavy atom. The minimum absolute atomic E-state index is 0.535. The van der Waals surface area contributed by atoms with Crippen LogP contribution < -0.4 is 5.32 Å². The highest BCUT2D eigenvalue weighted by Crippen LogP contribution is 2.28. The van der Waals surface area contributed by atoms with E-state index in [1.165, 1.54) is 0 Å². The molecule has 0 spiro atoms. The molecule has 0 radical (unpaired) electrons. The van der Waals surface area contributed by atoms with Crippen molar-refractivity contribution in [3.05, 3.63) is 58.5 Å². The average molecular weight is 333 g/mol. The van der Waals surface area contributed by atoms with Gasteiger partial charge in [-0.1, -0.05) is 23.2 Å². The van der Waals surface area contributed by atoms with E-state index in [9.17, 15) is 0 Å². The summed E-state index contributed by atoms with van der Waals surface area (Å²) < 4.78 is 2.00. The van der Waals surface area contributed by atoms with Crippen molar-refractivity contribution in [2.45, 2.75) is 6.92 Å². The summed E-state index contributed by atoms with van der Waals surface area (Å²) >= 11 is 12.2. The lowest BCUT2D eigenvalue weighted by Gasteiger charge is -2.09. The zero-order valence-corrected chi connectivity index (χ0v) is 13.7. The molecule has 1 aromatic carbocycles. The molecule has 0 aliphatic carbocycles. The van der Waals surface area contributed by atoms with E-state index in [4.69, 9.17) is 23.2 Å². The smallest absolute Gasteiger partial charge is 0.149 e. The Morgan fingerprint density at radius 1 is 1.05 bits per heavy atom. The zero-order chi connectivity index (χ0) is 15.7. The van der Waals surface area contributed by atoms with E-state index in [-0.39, 0.29) is 0 Å². The zero-order valence-electron chi connectivity index (χ0n) is 12.1. The summed E-state index contributed by atoms with van der Waals surface area (Å²) in [5.74, 6) is 1.43. The average Bonchev–Trinajstić information content (AvgIpc) is 2.83. The summed E-state index contributed by atoms with van der Waals surface area (Å²) in [6, 6.07) is 9.22. The van der Waals surface area contributed by atoms with Crippen LogP contribution in [-0.2, 0) is 7.05 Å². The van der Waals surface area contributed by atoms with Crippen molar-refractivity contribution in [1.29, 1.82) is 0 Å². The van der Waals surface area contributed by atoms with E-state index in [1.807, 2.05) is 55.1 Å². The lowest BCUT2D eigenvalue weighted by molar-refractivity contribution is 0.883. The number of rotatable bonds is 3. The van der Waals surface area contributed by atoms with Crippen LogP contribution in [0.25, 0.3) is 11.4 Å². The van der Waals surface area contributed by atoms with Gasteiger partial charge in [0.15, 0.2) is 0 Å². The van der Waals surface area contributed by atoms with Gasteiger partial charge in [-0.25, -0.2) is 9.97 Å². The van der Waals surface area contributed by atoms with Gasteiger partial charge in [0.05, 0.1) is 5.02 Å². The second-order valence-corrected chi connectivity index (χ2v) is 5.81. The molecule has 0 unspecified atom stereocenters. The highest BCUT2D eigenvalue weighted by Gasteiger charge is 2.10. The van der Waals surface area contributed by atoms with Gasteiger partial charge in [-0.15, -0.1) is 0 Å². The molecule has 0 bridgehead atoms. The number of aryl methyl sites for hydroxylation is 1. The minimum Gasteiger partial charge on any atom is -0.339 e. The maximum atomic E-state index is 6.33. The molecule has 0 amide bonds. The van der Waals surface area contributed by atoms with Gasteiger partial charge in [-0.3, -0.25) is 0 Å². The fourth-order valence-electron chi connectivity index (χ4n) is 2.09. The summed E-state index contributed by atoms with van der Waals surface area (Å²) in [5.41, 5.74) is 2.83. The van der Waals surface area contributed by atoms with E-state index in [2.05, 4.69) is 15.3 Å². The molecule has 6 heteroatoms. The minimum atomic E-state index is 0.535. The summed E-state index contributed by atoms with van der Waals surface area (Å²) in [6.45, 7) is 2.00. The predicted molar refractivity (Wildman–Crippen MR) is 90.9 cm³/mol. The first-order chi connectivity index (χ1) is 10.5. The van der Waals surface area contributed by atoms with Crippen molar-refractivity contribution >= 4 is 34.7 Å². The van der Waals surface area contributed by atoms with Gasteiger partial charge >= 0.3 is 0 Å². The van der Waals surface area contributed by atoms with Crippen LogP contribution in [0.5, 0.6) is 0 Å². The van der Waals surface area contributed by atoms with E-state index in [0.29, 0.717) is 15.9 Å². The molecular formula is C16H14Cl2N4. The Morgan fingerprint density at radius 2 is 1.77 bits per heavy atom. The van der Waals surface area contributed by atoms with E-state index in [0.717, 1.165) is 22.8 Å². The molecule has 1 N–H and O–H groups in total. The number of hydrogen-bond acceptors (Lipinski definition) is 3. The molecular weight excluding hydrogens is 319 g/mol. The molecule has 4 nitrogen and oxygen atoms in total. The quantitative estimate of drug-likeness (QED) is 0.746. The normalized spacial score (nSPS) is 10.7. The third-order valence-electron chi connectivity index (χ3n) is 3.43. The first-order valence-electron chi connectivity index (χ1n) is 6.71. The van der Waals surface area contributed by atoms with Crippen molar-refractivity contribution in [2.24, 2.45) is 7.05 Å². The second kappa shape index (κ2) is 5.99. The van der Waals surface area contributed by atoms with Crippen molar-refractivity contribution in [1.82, 2.24) is 14.5 Å². The monoisotopic (exact) mass is 332 g/mol. The Balaban J connectivity index is 1.89. The van der Waals surface area contributed by atoms with E-state index in [1.54, 1.807) is 6.20 Å². The third-order valence-corrected chi connectivity index (χ3v) is 3.97. The standard InChI is InChI=1S/C16H14Cl2N4/c1-10-8-20-16(22(10)2)11-7-14(18)15(19-9-11)21-13-5-3-12(17)4-6-13/h3-9H,1-2H3,(H,19,21). The number of nitrogens with one attached hydrogen (secondary N) is 1. The number of pyridine rings is 1. The van der Waals surface area contributed by atoms with Gasteiger partial charge in [0.1, 0.15) is 11.6 Å². The number of aromatic nitrogens is 3. The molecule has 2 heterocycles. The van der Waals surface area contributed by atoms with Crippen LogP contribution in [0.4, 0.5) is 11.5 Å². The number of benzene rings is 1. The first kappa shape index (κ1) is 14.9. The van der Waals surface area contributed by atoms with Gasteiger partial charge in [0, 0.05) is 41.4 Å². The molecule has 3 aromatic rings. The van der Waals surface area contributed by atoms with Crippen LogP contribution in [0.1, 0.15) is 5.69 Å². The highest BCUT2D eigenvalue weighted by molar-refractivity contribution is 6.33. The van der Waals surface area contributed by atoms with Crippen LogP contribution in [0.2, 0.25) is 10.0 Å². The summed E-state index contributed by atoms with van der Waals surface area (Å²) in [5, 5.41) is 4.39. The van der Waals surface area contributed by atoms with E-state index >= 15 is 0 Å². The van der Waals surface area contributed by atoms with Crippen molar-refractivity contribution in [2.75, 3.05) is 5.32 Å². The van der Waals surface area contributed by atoms with Crippen LogP contribution >= 0.6 is 23.2 Å². The van der Waals surface area contributed by atoms with Crippen LogP contribution in [0.3, 0.4) is 0 Å². The number of imidazole rings is 1. The lowest BCUT2D eigenvalue weighted by Crippen LogP contribution is -1.98. The molecule has 22 heavy (non-hydrogen) atoms. The summed E-state index contributed by atoms with van der Waals surface area (Å²) in [6.07, 6.45) is 3.58. The maximum absolute atomic E-state index is 6.33. The number of halogens is 2. The lowest BCUT2D eigenvalue weighted by atomic mass is 10.2. The fourth-order valence-corrected chi connectivity index (χ4v) is 2.42. The van der Waals surface area contributed by atoms with Gasteiger partial charge in [-0.2, -0.15) is 0 Å². The molecule has 0 atom stereocenters. The van der Waals surface area contributed by atoms with Crippen molar-refractivity contribution < 1.29 is 0 Å². The molecule has 3 rings (SSSR count). The van der Waals surface area contributed by atoms with E-state index < -0.39 is 0 Å². The summed E-state index contributed by atoms with van der Waals surface area (Å²) in [4.78, 5) is 8.77. The van der Waals surface area contributed by atoms with Crippen LogP contribution in [0, 0.1) is 6.92 Å². The SMILES string of the molecule is Cc1cnc(-c2cnc(Nc3ccc(Cl)cc3)c(Cl)c2)n1C. The molecule has 112 valence electrons. The van der Waals surface area contributed by atoms with Crippen LogP contribution in [-0.4, -0.2) is 14.5 Å². The number of nitrogens with zero attached hydrogens (tertiary/aromatic N) is 3. The summed E-state index contributed by atoms with van der Waals surface area (Å²) in [7, 11) is 1.96. The highest BCUT2D eigenvalue weighted by atomic mass is 35.5. The van der Waals surface area contributed by atoms with Gasteiger partial charge < -0.3 is 9.88 Å². The van der Waals surface area contributed by atoms with Crippen molar-refractivity contribution in [3.63, 3.8) is 0 Å². The Bertz CT molecular complexity index is 810. The molecule has 2 aromatic heterocycles. The fraction of sp³-hybridized carbons (Fsp3) is 0.125. The second-order valence-electron chi connectivity index (χ2n) is 4.97. The maximum Gasteiger partial charge on any atom is 0.149 e. The van der Waals surface area contributed by atoms with Crippen molar-refractivity contribution in [3.8, 4) is 11.4 Å².